The molecule has 0 saturated heterocycles. The standard InChI is InChI=1S/C15H17NO2/c1-17-15-14(10-5-11-16-15)18-12-6-9-13-7-3-2-4-8-13/h2-5,7-8,10-11H,6,9,12H2,1H3. The van der Waals surface area contributed by atoms with Crippen molar-refractivity contribution in [2.45, 2.75) is 12.8 Å². The summed E-state index contributed by atoms with van der Waals surface area (Å²) in [6, 6.07) is 14.1. The lowest BCUT2D eigenvalue weighted by Gasteiger charge is -2.09. The predicted octanol–water partition coefficient (Wildman–Crippen LogP) is 3.10. The second-order valence-electron chi connectivity index (χ2n) is 3.95. The van der Waals surface area contributed by atoms with Crippen molar-refractivity contribution >= 4 is 0 Å². The summed E-state index contributed by atoms with van der Waals surface area (Å²) in [6.07, 6.45) is 3.68. The highest BCUT2D eigenvalue weighted by Gasteiger charge is 2.03. The van der Waals surface area contributed by atoms with E-state index in [4.69, 9.17) is 9.47 Å². The Balaban J connectivity index is 1.78. The van der Waals surface area contributed by atoms with Gasteiger partial charge in [0.1, 0.15) is 0 Å². The highest BCUT2D eigenvalue weighted by atomic mass is 16.5. The Hall–Kier alpha value is -2.03. The molecule has 2 aromatic rings. The fourth-order valence-electron chi connectivity index (χ4n) is 1.74. The molecule has 0 radical (unpaired) electrons. The number of pyridine rings is 1. The van der Waals surface area contributed by atoms with Crippen LogP contribution in [0.5, 0.6) is 11.6 Å². The smallest absolute Gasteiger partial charge is 0.256 e. The van der Waals surface area contributed by atoms with E-state index in [0.717, 1.165) is 12.8 Å². The molecule has 0 N–H and O–H groups in total. The van der Waals surface area contributed by atoms with Gasteiger partial charge in [0.2, 0.25) is 0 Å². The summed E-state index contributed by atoms with van der Waals surface area (Å²) in [4.78, 5) is 4.09. The quantitative estimate of drug-likeness (QED) is 0.730. The molecule has 18 heavy (non-hydrogen) atoms. The minimum Gasteiger partial charge on any atom is -0.488 e. The van der Waals surface area contributed by atoms with Crippen molar-refractivity contribution in [1.29, 1.82) is 0 Å². The van der Waals surface area contributed by atoms with Gasteiger partial charge in [-0.05, 0) is 30.5 Å². The van der Waals surface area contributed by atoms with Crippen LogP contribution in [0.3, 0.4) is 0 Å². The summed E-state index contributed by atoms with van der Waals surface area (Å²) in [6.45, 7) is 0.664. The number of aromatic nitrogens is 1. The molecule has 0 atom stereocenters. The van der Waals surface area contributed by atoms with Gasteiger partial charge in [0, 0.05) is 6.20 Å². The van der Waals surface area contributed by atoms with E-state index in [-0.39, 0.29) is 0 Å². The number of hydrogen-bond acceptors (Lipinski definition) is 3. The summed E-state index contributed by atoms with van der Waals surface area (Å²) >= 11 is 0. The zero-order valence-electron chi connectivity index (χ0n) is 10.5. The first-order chi connectivity index (χ1) is 8.90. The van der Waals surface area contributed by atoms with Crippen LogP contribution in [0.25, 0.3) is 0 Å². The third-order valence-corrected chi connectivity index (χ3v) is 2.64. The Morgan fingerprint density at radius 2 is 1.89 bits per heavy atom. The van der Waals surface area contributed by atoms with E-state index in [2.05, 4.69) is 29.2 Å². The summed E-state index contributed by atoms with van der Waals surface area (Å²) in [7, 11) is 1.60. The number of rotatable bonds is 6. The summed E-state index contributed by atoms with van der Waals surface area (Å²) in [5.41, 5.74) is 1.33. The van der Waals surface area contributed by atoms with E-state index in [1.807, 2.05) is 18.2 Å². The van der Waals surface area contributed by atoms with Gasteiger partial charge in [0.15, 0.2) is 5.75 Å². The van der Waals surface area contributed by atoms with E-state index in [1.165, 1.54) is 5.56 Å². The fourth-order valence-corrected chi connectivity index (χ4v) is 1.74. The molecule has 1 aromatic carbocycles. The molecule has 0 bridgehead atoms. The molecule has 0 unspecified atom stereocenters. The van der Waals surface area contributed by atoms with Gasteiger partial charge in [0.05, 0.1) is 13.7 Å². The highest BCUT2D eigenvalue weighted by molar-refractivity contribution is 5.32. The lowest BCUT2D eigenvalue weighted by atomic mass is 10.1. The Labute approximate surface area is 107 Å². The maximum absolute atomic E-state index is 5.66. The highest BCUT2D eigenvalue weighted by Crippen LogP contribution is 2.22. The van der Waals surface area contributed by atoms with Crippen LogP contribution in [-0.4, -0.2) is 18.7 Å². The average Bonchev–Trinajstić information content (AvgIpc) is 2.45. The van der Waals surface area contributed by atoms with Gasteiger partial charge in [-0.1, -0.05) is 30.3 Å². The predicted molar refractivity (Wildman–Crippen MR) is 71.0 cm³/mol. The van der Waals surface area contributed by atoms with Crippen molar-refractivity contribution in [2.24, 2.45) is 0 Å². The Morgan fingerprint density at radius 3 is 2.67 bits per heavy atom. The molecule has 0 amide bonds. The van der Waals surface area contributed by atoms with Gasteiger partial charge in [-0.15, -0.1) is 0 Å². The molecule has 0 aliphatic heterocycles. The SMILES string of the molecule is COc1ncccc1OCCCc1ccccc1. The molecule has 1 aromatic heterocycles. The molecule has 0 aliphatic carbocycles. The van der Waals surface area contributed by atoms with Crippen molar-refractivity contribution in [3.63, 3.8) is 0 Å². The first kappa shape index (κ1) is 12.4. The first-order valence-corrected chi connectivity index (χ1v) is 6.06. The Kier molecular flexibility index (Phi) is 4.59. The number of benzene rings is 1. The summed E-state index contributed by atoms with van der Waals surface area (Å²) in [5, 5.41) is 0. The van der Waals surface area contributed by atoms with Crippen LogP contribution < -0.4 is 9.47 Å². The van der Waals surface area contributed by atoms with Gasteiger partial charge < -0.3 is 9.47 Å². The number of hydrogen-bond donors (Lipinski definition) is 0. The topological polar surface area (TPSA) is 31.4 Å². The second kappa shape index (κ2) is 6.64. The van der Waals surface area contributed by atoms with E-state index in [1.54, 1.807) is 13.3 Å². The number of methoxy groups -OCH3 is 1. The third-order valence-electron chi connectivity index (χ3n) is 2.64. The van der Waals surface area contributed by atoms with Gasteiger partial charge in [-0.2, -0.15) is 0 Å². The summed E-state index contributed by atoms with van der Waals surface area (Å²) in [5.74, 6) is 1.24. The minimum absolute atomic E-state index is 0.539. The van der Waals surface area contributed by atoms with Crippen LogP contribution in [-0.2, 0) is 6.42 Å². The molecule has 2 rings (SSSR count). The van der Waals surface area contributed by atoms with E-state index < -0.39 is 0 Å². The van der Waals surface area contributed by atoms with Gasteiger partial charge in [-0.3, -0.25) is 0 Å². The van der Waals surface area contributed by atoms with Gasteiger partial charge in [-0.25, -0.2) is 4.98 Å². The van der Waals surface area contributed by atoms with E-state index in [0.29, 0.717) is 18.2 Å². The van der Waals surface area contributed by atoms with E-state index in [9.17, 15) is 0 Å². The zero-order chi connectivity index (χ0) is 12.6. The van der Waals surface area contributed by atoms with Crippen molar-refractivity contribution < 1.29 is 9.47 Å². The monoisotopic (exact) mass is 243 g/mol. The van der Waals surface area contributed by atoms with Gasteiger partial charge >= 0.3 is 0 Å². The lowest BCUT2D eigenvalue weighted by Crippen LogP contribution is -2.01. The van der Waals surface area contributed by atoms with Crippen molar-refractivity contribution in [2.75, 3.05) is 13.7 Å². The van der Waals surface area contributed by atoms with Crippen LogP contribution in [0.1, 0.15) is 12.0 Å². The maximum Gasteiger partial charge on any atom is 0.256 e. The van der Waals surface area contributed by atoms with Gasteiger partial charge in [0.25, 0.3) is 5.88 Å². The fraction of sp³-hybridized carbons (Fsp3) is 0.267. The largest absolute Gasteiger partial charge is 0.488 e. The van der Waals surface area contributed by atoms with Crippen molar-refractivity contribution in [3.8, 4) is 11.6 Å². The second-order valence-corrected chi connectivity index (χ2v) is 3.95. The molecule has 94 valence electrons. The molecule has 3 nitrogen and oxygen atoms in total. The number of nitrogens with zero attached hydrogens (tertiary/aromatic N) is 1. The maximum atomic E-state index is 5.66. The molecule has 0 saturated carbocycles. The molecule has 0 spiro atoms. The van der Waals surface area contributed by atoms with Crippen LogP contribution in [0.4, 0.5) is 0 Å². The van der Waals surface area contributed by atoms with Crippen LogP contribution in [0.15, 0.2) is 48.7 Å². The van der Waals surface area contributed by atoms with Crippen LogP contribution in [0.2, 0.25) is 0 Å². The molecule has 3 heteroatoms. The minimum atomic E-state index is 0.539. The Morgan fingerprint density at radius 1 is 1.06 bits per heavy atom. The average molecular weight is 243 g/mol. The third kappa shape index (κ3) is 3.48. The molecule has 0 fully saturated rings. The normalized spacial score (nSPS) is 10.1. The molecular formula is C15H17NO2. The first-order valence-electron chi connectivity index (χ1n) is 6.06. The number of aryl methyl sites for hydroxylation is 1. The molecule has 1 heterocycles. The van der Waals surface area contributed by atoms with Crippen molar-refractivity contribution in [3.05, 3.63) is 54.2 Å². The number of ether oxygens (including phenoxy) is 2. The molecule has 0 aliphatic rings. The Bertz CT molecular complexity index is 471. The van der Waals surface area contributed by atoms with E-state index >= 15 is 0 Å². The zero-order valence-corrected chi connectivity index (χ0v) is 10.5. The van der Waals surface area contributed by atoms with Crippen LogP contribution in [0, 0.1) is 0 Å². The van der Waals surface area contributed by atoms with Crippen molar-refractivity contribution in [1.82, 2.24) is 4.98 Å². The van der Waals surface area contributed by atoms with Crippen LogP contribution >= 0.6 is 0 Å². The summed E-state index contributed by atoms with van der Waals surface area (Å²) < 4.78 is 10.8. The lowest BCUT2D eigenvalue weighted by molar-refractivity contribution is 0.284. The molecular weight excluding hydrogens is 226 g/mol.